The maximum Gasteiger partial charge on any atom is 0.128 e. The van der Waals surface area contributed by atoms with Crippen LogP contribution in [0.5, 0.6) is 0 Å². The Morgan fingerprint density at radius 1 is 0.960 bits per heavy atom. The number of nitrogens with one attached hydrogen (secondary N) is 1. The number of hydrogen-bond acceptors (Lipinski definition) is 4. The molecule has 2 fully saturated rings. The van der Waals surface area contributed by atoms with Crippen molar-refractivity contribution in [2.24, 2.45) is 0 Å². The zero-order valence-corrected chi connectivity index (χ0v) is 14.9. The van der Waals surface area contributed by atoms with Gasteiger partial charge in [0.2, 0.25) is 0 Å². The highest BCUT2D eigenvalue weighted by molar-refractivity contribution is 5.40. The molecule has 0 spiro atoms. The van der Waals surface area contributed by atoms with Crippen LogP contribution in [-0.4, -0.2) is 42.6 Å². The topological polar surface area (TPSA) is 31.4 Å². The van der Waals surface area contributed by atoms with Crippen LogP contribution in [-0.2, 0) is 6.54 Å². The van der Waals surface area contributed by atoms with E-state index >= 15 is 0 Å². The second-order valence-corrected chi connectivity index (χ2v) is 7.15. The van der Waals surface area contributed by atoms with Crippen LogP contribution in [0.4, 0.5) is 5.82 Å². The lowest BCUT2D eigenvalue weighted by atomic mass is 9.95. The molecule has 0 saturated carbocycles. The predicted octanol–water partition coefficient (Wildman–Crippen LogP) is 3.22. The summed E-state index contributed by atoms with van der Waals surface area (Å²) < 4.78 is 0. The quantitative estimate of drug-likeness (QED) is 0.929. The summed E-state index contributed by atoms with van der Waals surface area (Å²) >= 11 is 0. The van der Waals surface area contributed by atoms with Crippen LogP contribution in [0, 0.1) is 0 Å². The number of anilines is 1. The summed E-state index contributed by atoms with van der Waals surface area (Å²) in [7, 11) is 0. The first-order chi connectivity index (χ1) is 12.4. The minimum Gasteiger partial charge on any atom is -0.354 e. The zero-order valence-electron chi connectivity index (χ0n) is 14.9. The van der Waals surface area contributed by atoms with Gasteiger partial charge in [-0.3, -0.25) is 4.90 Å². The van der Waals surface area contributed by atoms with Crippen LogP contribution in [0.25, 0.3) is 0 Å². The molecule has 0 bridgehead atoms. The van der Waals surface area contributed by atoms with Crippen molar-refractivity contribution < 1.29 is 0 Å². The Kier molecular flexibility index (Phi) is 5.28. The SMILES string of the molecule is c1ccc(CN2CCCCC2c2ccc(N3CCNCC3)nc2)cc1. The molecule has 1 N–H and O–H groups in total. The number of benzene rings is 1. The number of hydrogen-bond donors (Lipinski definition) is 1. The number of piperidine rings is 1. The third-order valence-electron chi connectivity index (χ3n) is 5.44. The molecule has 1 atom stereocenters. The molecule has 4 nitrogen and oxygen atoms in total. The number of pyridine rings is 1. The number of rotatable bonds is 4. The second-order valence-electron chi connectivity index (χ2n) is 7.15. The van der Waals surface area contributed by atoms with E-state index in [1.54, 1.807) is 0 Å². The van der Waals surface area contributed by atoms with E-state index in [1.807, 2.05) is 0 Å². The normalized spacial score (nSPS) is 22.1. The van der Waals surface area contributed by atoms with E-state index in [4.69, 9.17) is 4.98 Å². The Balaban J connectivity index is 1.48. The number of likely N-dealkylation sites (tertiary alicyclic amines) is 1. The molecule has 132 valence electrons. The largest absolute Gasteiger partial charge is 0.354 e. The Morgan fingerprint density at radius 3 is 2.56 bits per heavy atom. The minimum absolute atomic E-state index is 0.499. The number of nitrogens with zero attached hydrogens (tertiary/aromatic N) is 3. The summed E-state index contributed by atoms with van der Waals surface area (Å²) in [6.07, 6.45) is 5.97. The zero-order chi connectivity index (χ0) is 16.9. The van der Waals surface area contributed by atoms with E-state index in [2.05, 4.69) is 63.8 Å². The van der Waals surface area contributed by atoms with Crippen LogP contribution in [0.1, 0.15) is 36.4 Å². The average Bonchev–Trinajstić information content (AvgIpc) is 2.70. The van der Waals surface area contributed by atoms with Gasteiger partial charge in [-0.15, -0.1) is 0 Å². The summed E-state index contributed by atoms with van der Waals surface area (Å²) in [4.78, 5) is 9.79. The van der Waals surface area contributed by atoms with E-state index in [-0.39, 0.29) is 0 Å². The van der Waals surface area contributed by atoms with Crippen molar-refractivity contribution in [3.63, 3.8) is 0 Å². The van der Waals surface area contributed by atoms with Gasteiger partial charge in [-0.1, -0.05) is 42.8 Å². The Morgan fingerprint density at radius 2 is 1.80 bits per heavy atom. The van der Waals surface area contributed by atoms with Gasteiger partial charge in [0, 0.05) is 45.0 Å². The van der Waals surface area contributed by atoms with Gasteiger partial charge in [0.05, 0.1) is 0 Å². The van der Waals surface area contributed by atoms with Crippen molar-refractivity contribution in [2.45, 2.75) is 31.8 Å². The summed E-state index contributed by atoms with van der Waals surface area (Å²) in [5.41, 5.74) is 2.77. The third kappa shape index (κ3) is 4.02. The first-order valence-electron chi connectivity index (χ1n) is 9.60. The lowest BCUT2D eigenvalue weighted by molar-refractivity contribution is 0.140. The molecule has 2 saturated heterocycles. The molecule has 2 aliphatic rings. The van der Waals surface area contributed by atoms with Gasteiger partial charge in [0.25, 0.3) is 0 Å². The molecule has 1 unspecified atom stereocenters. The van der Waals surface area contributed by atoms with Crippen LogP contribution in [0.3, 0.4) is 0 Å². The molecular formula is C21H28N4. The molecule has 0 amide bonds. The average molecular weight is 336 g/mol. The molecular weight excluding hydrogens is 308 g/mol. The van der Waals surface area contributed by atoms with Crippen LogP contribution >= 0.6 is 0 Å². The highest BCUT2D eigenvalue weighted by Gasteiger charge is 2.24. The van der Waals surface area contributed by atoms with Gasteiger partial charge in [0.1, 0.15) is 5.82 Å². The van der Waals surface area contributed by atoms with Gasteiger partial charge in [-0.25, -0.2) is 4.98 Å². The Hall–Kier alpha value is -1.91. The molecule has 0 aliphatic carbocycles. The van der Waals surface area contributed by atoms with Gasteiger partial charge in [0.15, 0.2) is 0 Å². The van der Waals surface area contributed by atoms with Crippen LogP contribution in [0.2, 0.25) is 0 Å². The fourth-order valence-electron chi connectivity index (χ4n) is 4.05. The van der Waals surface area contributed by atoms with Crippen molar-refractivity contribution in [3.8, 4) is 0 Å². The van der Waals surface area contributed by atoms with E-state index in [0.717, 1.165) is 38.5 Å². The molecule has 4 rings (SSSR count). The summed E-state index contributed by atoms with van der Waals surface area (Å²) in [5.74, 6) is 1.12. The van der Waals surface area contributed by atoms with E-state index in [1.165, 1.54) is 36.9 Å². The molecule has 0 radical (unpaired) electrons. The number of aromatic nitrogens is 1. The minimum atomic E-state index is 0.499. The number of piperazine rings is 1. The van der Waals surface area contributed by atoms with Crippen molar-refractivity contribution >= 4 is 5.82 Å². The highest BCUT2D eigenvalue weighted by atomic mass is 15.2. The molecule has 4 heteroatoms. The predicted molar refractivity (Wildman–Crippen MR) is 103 cm³/mol. The van der Waals surface area contributed by atoms with Crippen molar-refractivity contribution in [1.82, 2.24) is 15.2 Å². The first kappa shape index (κ1) is 16.6. The Bertz CT molecular complexity index is 649. The maximum absolute atomic E-state index is 4.79. The summed E-state index contributed by atoms with van der Waals surface area (Å²) in [5, 5.41) is 3.40. The monoisotopic (exact) mass is 336 g/mol. The lowest BCUT2D eigenvalue weighted by Crippen LogP contribution is -2.43. The molecule has 2 aromatic rings. The lowest BCUT2D eigenvalue weighted by Gasteiger charge is -2.36. The van der Waals surface area contributed by atoms with Crippen molar-refractivity contribution in [3.05, 3.63) is 59.8 Å². The summed E-state index contributed by atoms with van der Waals surface area (Å²) in [6, 6.07) is 15.9. The standard InChI is InChI=1S/C21H28N4/c1-2-6-18(7-3-1)17-25-13-5-4-8-20(25)19-9-10-21(23-16-19)24-14-11-22-12-15-24/h1-3,6-7,9-10,16,20,22H,4-5,8,11-15,17H2. The first-order valence-corrected chi connectivity index (χ1v) is 9.60. The van der Waals surface area contributed by atoms with E-state index in [0.29, 0.717) is 6.04 Å². The van der Waals surface area contributed by atoms with Crippen molar-refractivity contribution in [2.75, 3.05) is 37.6 Å². The molecule has 1 aromatic heterocycles. The van der Waals surface area contributed by atoms with Gasteiger partial charge < -0.3 is 10.2 Å². The van der Waals surface area contributed by atoms with Crippen LogP contribution < -0.4 is 10.2 Å². The van der Waals surface area contributed by atoms with Crippen molar-refractivity contribution in [1.29, 1.82) is 0 Å². The van der Waals surface area contributed by atoms with Crippen LogP contribution in [0.15, 0.2) is 48.7 Å². The summed E-state index contributed by atoms with van der Waals surface area (Å²) in [6.45, 7) is 6.42. The fourth-order valence-corrected chi connectivity index (χ4v) is 4.05. The van der Waals surface area contributed by atoms with Gasteiger partial charge in [-0.05, 0) is 36.6 Å². The van der Waals surface area contributed by atoms with Gasteiger partial charge in [-0.2, -0.15) is 0 Å². The maximum atomic E-state index is 4.79. The van der Waals surface area contributed by atoms with E-state index < -0.39 is 0 Å². The Labute approximate surface area is 150 Å². The third-order valence-corrected chi connectivity index (χ3v) is 5.44. The van der Waals surface area contributed by atoms with Gasteiger partial charge >= 0.3 is 0 Å². The molecule has 1 aromatic carbocycles. The van der Waals surface area contributed by atoms with E-state index in [9.17, 15) is 0 Å². The molecule has 3 heterocycles. The smallest absolute Gasteiger partial charge is 0.128 e. The molecule has 2 aliphatic heterocycles. The fraction of sp³-hybridized carbons (Fsp3) is 0.476. The highest BCUT2D eigenvalue weighted by Crippen LogP contribution is 2.32. The second kappa shape index (κ2) is 7.98. The molecule has 25 heavy (non-hydrogen) atoms.